The second-order valence-corrected chi connectivity index (χ2v) is 7.68. The lowest BCUT2D eigenvalue weighted by atomic mass is 10.0. The first-order valence-corrected chi connectivity index (χ1v) is 10.3. The van der Waals surface area contributed by atoms with Gasteiger partial charge in [0.2, 0.25) is 0 Å². The molecule has 4 aromatic rings. The van der Waals surface area contributed by atoms with E-state index in [9.17, 15) is 4.79 Å². The van der Waals surface area contributed by atoms with Gasteiger partial charge >= 0.3 is 0 Å². The van der Waals surface area contributed by atoms with Gasteiger partial charge in [0, 0.05) is 22.7 Å². The highest BCUT2D eigenvalue weighted by Gasteiger charge is 2.17. The topological polar surface area (TPSA) is 60.5 Å². The highest BCUT2D eigenvalue weighted by atomic mass is 16.6. The van der Waals surface area contributed by atoms with E-state index in [1.165, 1.54) is 11.1 Å². The van der Waals surface area contributed by atoms with Gasteiger partial charge in [-0.2, -0.15) is 0 Å². The van der Waals surface area contributed by atoms with Crippen LogP contribution >= 0.6 is 0 Å². The van der Waals surface area contributed by atoms with E-state index in [4.69, 9.17) is 14.5 Å². The lowest BCUT2D eigenvalue weighted by molar-refractivity contribution is 0.102. The van der Waals surface area contributed by atoms with Crippen LogP contribution in [0.15, 0.2) is 66.7 Å². The Morgan fingerprint density at radius 2 is 1.68 bits per heavy atom. The molecule has 31 heavy (non-hydrogen) atoms. The standard InChI is InChI=1S/C26H22N2O3/c1-16-7-8-18(13-17(16)2)23-15-21(20-5-3-4-6-22(20)28-23)26(29)27-19-9-10-24-25(14-19)31-12-11-30-24/h3-10,13-15H,11-12H2,1-2H3,(H,27,29). The van der Waals surface area contributed by atoms with E-state index in [0.717, 1.165) is 22.2 Å². The second kappa shape index (κ2) is 7.76. The number of amides is 1. The molecule has 1 aromatic heterocycles. The van der Waals surface area contributed by atoms with Crippen LogP contribution in [-0.2, 0) is 0 Å². The van der Waals surface area contributed by atoms with Crippen molar-refractivity contribution in [1.29, 1.82) is 0 Å². The third kappa shape index (κ3) is 3.70. The maximum absolute atomic E-state index is 13.3. The van der Waals surface area contributed by atoms with Gasteiger partial charge in [-0.15, -0.1) is 0 Å². The molecule has 0 radical (unpaired) electrons. The number of hydrogen-bond acceptors (Lipinski definition) is 4. The van der Waals surface area contributed by atoms with Crippen molar-refractivity contribution >= 4 is 22.5 Å². The molecule has 1 aliphatic rings. The highest BCUT2D eigenvalue weighted by Crippen LogP contribution is 2.33. The fraction of sp³-hybridized carbons (Fsp3) is 0.154. The lowest BCUT2D eigenvalue weighted by Gasteiger charge is -2.19. The van der Waals surface area contributed by atoms with Crippen LogP contribution in [0.1, 0.15) is 21.5 Å². The fourth-order valence-electron chi connectivity index (χ4n) is 3.73. The van der Waals surface area contributed by atoms with Crippen LogP contribution in [-0.4, -0.2) is 24.1 Å². The number of rotatable bonds is 3. The number of pyridine rings is 1. The molecule has 0 fully saturated rings. The first-order valence-electron chi connectivity index (χ1n) is 10.3. The number of carbonyl (C=O) groups excluding carboxylic acids is 1. The average molecular weight is 410 g/mol. The predicted octanol–water partition coefficient (Wildman–Crippen LogP) is 5.54. The smallest absolute Gasteiger partial charge is 0.256 e. The number of fused-ring (bicyclic) bond motifs is 2. The Balaban J connectivity index is 1.55. The molecule has 0 saturated carbocycles. The van der Waals surface area contributed by atoms with Crippen LogP contribution in [0.3, 0.4) is 0 Å². The summed E-state index contributed by atoms with van der Waals surface area (Å²) < 4.78 is 11.2. The van der Waals surface area contributed by atoms with Crippen LogP contribution in [0.25, 0.3) is 22.2 Å². The van der Waals surface area contributed by atoms with Crippen LogP contribution < -0.4 is 14.8 Å². The summed E-state index contributed by atoms with van der Waals surface area (Å²) in [4.78, 5) is 18.1. The maximum atomic E-state index is 13.3. The molecule has 5 rings (SSSR count). The molecule has 3 aromatic carbocycles. The second-order valence-electron chi connectivity index (χ2n) is 7.68. The molecular formula is C26H22N2O3. The van der Waals surface area contributed by atoms with Gasteiger partial charge in [0.15, 0.2) is 11.5 Å². The molecule has 2 heterocycles. The van der Waals surface area contributed by atoms with E-state index >= 15 is 0 Å². The minimum absolute atomic E-state index is 0.194. The van der Waals surface area contributed by atoms with Crippen molar-refractivity contribution < 1.29 is 14.3 Å². The molecule has 0 bridgehead atoms. The van der Waals surface area contributed by atoms with Gasteiger partial charge in [-0.1, -0.05) is 30.3 Å². The van der Waals surface area contributed by atoms with E-state index in [2.05, 4.69) is 31.3 Å². The van der Waals surface area contributed by atoms with Crippen molar-refractivity contribution in [3.05, 3.63) is 83.4 Å². The summed E-state index contributed by atoms with van der Waals surface area (Å²) in [7, 11) is 0. The Bertz CT molecular complexity index is 1310. The van der Waals surface area contributed by atoms with E-state index < -0.39 is 0 Å². The Kier molecular flexibility index (Phi) is 4.79. The monoisotopic (exact) mass is 410 g/mol. The first-order chi connectivity index (χ1) is 15.1. The minimum Gasteiger partial charge on any atom is -0.486 e. The van der Waals surface area contributed by atoms with Gasteiger partial charge in [0.1, 0.15) is 13.2 Å². The summed E-state index contributed by atoms with van der Waals surface area (Å²) in [5, 5.41) is 3.81. The molecule has 0 atom stereocenters. The van der Waals surface area contributed by atoms with E-state index in [0.29, 0.717) is 36.0 Å². The molecule has 5 heteroatoms. The first kappa shape index (κ1) is 19.1. The number of hydrogen-bond donors (Lipinski definition) is 1. The summed E-state index contributed by atoms with van der Waals surface area (Å²) in [6.45, 7) is 5.19. The van der Waals surface area contributed by atoms with Crippen LogP contribution in [0.4, 0.5) is 5.69 Å². The largest absolute Gasteiger partial charge is 0.486 e. The van der Waals surface area contributed by atoms with Crippen molar-refractivity contribution in [2.24, 2.45) is 0 Å². The Labute approximate surface area is 180 Å². The number of para-hydroxylation sites is 1. The van der Waals surface area contributed by atoms with Crippen LogP contribution in [0.5, 0.6) is 11.5 Å². The van der Waals surface area contributed by atoms with E-state index in [-0.39, 0.29) is 5.91 Å². The zero-order valence-corrected chi connectivity index (χ0v) is 17.4. The predicted molar refractivity (Wildman–Crippen MR) is 122 cm³/mol. The summed E-state index contributed by atoms with van der Waals surface area (Å²) in [6, 6.07) is 21.2. The molecule has 0 spiro atoms. The summed E-state index contributed by atoms with van der Waals surface area (Å²) in [5.74, 6) is 1.13. The summed E-state index contributed by atoms with van der Waals surface area (Å²) in [5.41, 5.74) is 6.19. The van der Waals surface area contributed by atoms with Gasteiger partial charge in [-0.3, -0.25) is 4.79 Å². The quantitative estimate of drug-likeness (QED) is 0.482. The number of nitrogens with one attached hydrogen (secondary N) is 1. The summed E-state index contributed by atoms with van der Waals surface area (Å²) >= 11 is 0. The Morgan fingerprint density at radius 1 is 0.871 bits per heavy atom. The average Bonchev–Trinajstić information content (AvgIpc) is 2.80. The number of ether oxygens (including phenoxy) is 2. The molecule has 5 nitrogen and oxygen atoms in total. The Morgan fingerprint density at radius 3 is 2.52 bits per heavy atom. The van der Waals surface area contributed by atoms with Crippen molar-refractivity contribution in [2.75, 3.05) is 18.5 Å². The van der Waals surface area contributed by atoms with Gasteiger partial charge in [0.25, 0.3) is 5.91 Å². The highest BCUT2D eigenvalue weighted by molar-refractivity contribution is 6.13. The number of aryl methyl sites for hydroxylation is 2. The maximum Gasteiger partial charge on any atom is 0.256 e. The molecule has 0 aliphatic carbocycles. The van der Waals surface area contributed by atoms with Crippen molar-refractivity contribution in [3.8, 4) is 22.8 Å². The van der Waals surface area contributed by atoms with Gasteiger partial charge in [0.05, 0.1) is 16.8 Å². The van der Waals surface area contributed by atoms with Crippen LogP contribution in [0.2, 0.25) is 0 Å². The molecule has 0 unspecified atom stereocenters. The van der Waals surface area contributed by atoms with E-state index in [1.54, 1.807) is 6.07 Å². The zero-order chi connectivity index (χ0) is 21.4. The summed E-state index contributed by atoms with van der Waals surface area (Å²) in [6.07, 6.45) is 0. The van der Waals surface area contributed by atoms with Gasteiger partial charge in [-0.25, -0.2) is 4.98 Å². The van der Waals surface area contributed by atoms with Gasteiger partial charge < -0.3 is 14.8 Å². The molecule has 0 saturated heterocycles. The molecule has 1 amide bonds. The van der Waals surface area contributed by atoms with Crippen molar-refractivity contribution in [3.63, 3.8) is 0 Å². The molecule has 154 valence electrons. The molecular weight excluding hydrogens is 388 g/mol. The zero-order valence-electron chi connectivity index (χ0n) is 17.4. The number of benzene rings is 3. The number of anilines is 1. The fourth-order valence-corrected chi connectivity index (χ4v) is 3.73. The van der Waals surface area contributed by atoms with Crippen molar-refractivity contribution in [2.45, 2.75) is 13.8 Å². The molecule has 1 aliphatic heterocycles. The van der Waals surface area contributed by atoms with E-state index in [1.807, 2.05) is 48.5 Å². The third-order valence-corrected chi connectivity index (χ3v) is 5.56. The van der Waals surface area contributed by atoms with Crippen LogP contribution in [0, 0.1) is 13.8 Å². The minimum atomic E-state index is -0.194. The third-order valence-electron chi connectivity index (χ3n) is 5.56. The SMILES string of the molecule is Cc1ccc(-c2cc(C(=O)Nc3ccc4c(c3)OCCO4)c3ccccc3n2)cc1C. The number of nitrogens with zero attached hydrogens (tertiary/aromatic N) is 1. The van der Waals surface area contributed by atoms with Crippen molar-refractivity contribution in [1.82, 2.24) is 4.98 Å². The number of aromatic nitrogens is 1. The number of carbonyl (C=O) groups is 1. The lowest BCUT2D eigenvalue weighted by Crippen LogP contribution is -2.16. The Hall–Kier alpha value is -3.86. The molecule has 1 N–H and O–H groups in total. The van der Waals surface area contributed by atoms with Gasteiger partial charge in [-0.05, 0) is 55.3 Å². The normalized spacial score (nSPS) is 12.6.